The Hall–Kier alpha value is -0.486. The van der Waals surface area contributed by atoms with Gasteiger partial charge in [-0.25, -0.2) is 0 Å². The Morgan fingerprint density at radius 2 is 1.58 bits per heavy atom. The summed E-state index contributed by atoms with van der Waals surface area (Å²) in [4.78, 5) is 34.7. The average Bonchev–Trinajstić information content (AvgIpc) is 2.36. The monoisotopic (exact) mass is 349 g/mol. The first-order chi connectivity index (χ1) is 8.26. The normalized spacial score (nSPS) is 16.3. The predicted octanol–water partition coefficient (Wildman–Crippen LogP) is 1.08. The number of rotatable bonds is 6. The molecule has 0 aliphatic rings. The van der Waals surface area contributed by atoms with E-state index < -0.39 is 35.2 Å². The molecule has 0 fully saturated rings. The molecule has 6 nitrogen and oxygen atoms in total. The van der Waals surface area contributed by atoms with Crippen molar-refractivity contribution in [3.8, 4) is 0 Å². The van der Waals surface area contributed by atoms with E-state index in [4.69, 9.17) is 0 Å². The number of carbonyl (C=O) groups excluding carboxylic acids is 2. The second kappa shape index (κ2) is 8.64. The number of carbonyl (C=O) groups is 3. The van der Waals surface area contributed by atoms with E-state index in [1.54, 1.807) is 6.92 Å². The molecule has 107 valence electrons. The summed E-state index contributed by atoms with van der Waals surface area (Å²) in [5.41, 5.74) is -1.37. The van der Waals surface area contributed by atoms with Gasteiger partial charge < -0.3 is 14.6 Å². The molecular weight excluding hydrogens is 329 g/mol. The molecule has 0 saturated carbocycles. The van der Waals surface area contributed by atoms with Crippen molar-refractivity contribution in [2.75, 3.05) is 14.2 Å². The molecule has 0 saturated heterocycles. The van der Waals surface area contributed by atoms with Crippen molar-refractivity contribution >= 4 is 17.9 Å². The van der Waals surface area contributed by atoms with Gasteiger partial charge in [0.15, 0.2) is 0 Å². The predicted molar refractivity (Wildman–Crippen MR) is 62.7 cm³/mol. The van der Waals surface area contributed by atoms with E-state index in [2.05, 4.69) is 9.47 Å². The molecule has 1 radical (unpaired) electrons. The molecule has 0 aromatic heterocycles. The van der Waals surface area contributed by atoms with Gasteiger partial charge in [-0.05, 0) is 13.3 Å². The molecule has 0 aliphatic heterocycles. The van der Waals surface area contributed by atoms with Crippen LogP contribution in [0.5, 0.6) is 0 Å². The SMILES string of the molecule is CCC(C)(C(=O)O)C(C(=O)OC)C(C)C(=O)OC.[Y]. The molecule has 0 aromatic rings. The van der Waals surface area contributed by atoms with Crippen LogP contribution in [-0.4, -0.2) is 37.2 Å². The van der Waals surface area contributed by atoms with Crippen LogP contribution in [0.2, 0.25) is 0 Å². The van der Waals surface area contributed by atoms with Gasteiger partial charge in [0.2, 0.25) is 0 Å². The molecule has 0 aliphatic carbocycles. The summed E-state index contributed by atoms with van der Waals surface area (Å²) in [5.74, 6) is -4.47. The molecule has 0 bridgehead atoms. The molecule has 19 heavy (non-hydrogen) atoms. The molecular formula is C12H20O6Y. The molecule has 0 amide bonds. The Morgan fingerprint density at radius 1 is 1.16 bits per heavy atom. The number of carboxylic acid groups (broad SMARTS) is 1. The number of esters is 2. The second-order valence-electron chi connectivity index (χ2n) is 4.39. The van der Waals surface area contributed by atoms with Crippen molar-refractivity contribution in [2.24, 2.45) is 17.3 Å². The maximum Gasteiger partial charge on any atom is 0.310 e. The van der Waals surface area contributed by atoms with Crippen LogP contribution >= 0.6 is 0 Å². The van der Waals surface area contributed by atoms with Crippen LogP contribution in [0.25, 0.3) is 0 Å². The Labute approximate surface area is 138 Å². The number of carboxylic acids is 1. The minimum absolute atomic E-state index is 0. The average molecular weight is 349 g/mol. The molecule has 7 heteroatoms. The fourth-order valence-corrected chi connectivity index (χ4v) is 1.97. The summed E-state index contributed by atoms with van der Waals surface area (Å²) in [5, 5.41) is 9.29. The van der Waals surface area contributed by atoms with Crippen molar-refractivity contribution in [3.63, 3.8) is 0 Å². The summed E-state index contributed by atoms with van der Waals surface area (Å²) in [6, 6.07) is 0. The van der Waals surface area contributed by atoms with Crippen LogP contribution in [0.4, 0.5) is 0 Å². The molecule has 3 unspecified atom stereocenters. The van der Waals surface area contributed by atoms with E-state index in [1.165, 1.54) is 21.0 Å². The van der Waals surface area contributed by atoms with Gasteiger partial charge in [-0.3, -0.25) is 14.4 Å². The maximum absolute atomic E-state index is 11.8. The molecule has 0 aromatic carbocycles. The molecule has 3 atom stereocenters. The van der Waals surface area contributed by atoms with Crippen molar-refractivity contribution in [2.45, 2.75) is 27.2 Å². The van der Waals surface area contributed by atoms with E-state index >= 15 is 0 Å². The van der Waals surface area contributed by atoms with Gasteiger partial charge in [0, 0.05) is 32.7 Å². The first-order valence-electron chi connectivity index (χ1n) is 5.65. The largest absolute Gasteiger partial charge is 0.481 e. The van der Waals surface area contributed by atoms with Crippen LogP contribution < -0.4 is 0 Å². The van der Waals surface area contributed by atoms with Gasteiger partial charge in [-0.15, -0.1) is 0 Å². The summed E-state index contributed by atoms with van der Waals surface area (Å²) >= 11 is 0. The van der Waals surface area contributed by atoms with Crippen LogP contribution in [-0.2, 0) is 56.6 Å². The Morgan fingerprint density at radius 3 is 1.84 bits per heavy atom. The number of hydrogen-bond donors (Lipinski definition) is 1. The summed E-state index contributed by atoms with van der Waals surface area (Å²) in [6.45, 7) is 4.54. The van der Waals surface area contributed by atoms with E-state index in [0.717, 1.165) is 7.11 Å². The fraction of sp³-hybridized carbons (Fsp3) is 0.750. The van der Waals surface area contributed by atoms with E-state index in [-0.39, 0.29) is 39.1 Å². The number of ether oxygens (including phenoxy) is 2. The Bertz CT molecular complexity index is 343. The quantitative estimate of drug-likeness (QED) is 0.722. The fourth-order valence-electron chi connectivity index (χ4n) is 1.97. The van der Waals surface area contributed by atoms with Crippen LogP contribution in [0.3, 0.4) is 0 Å². The van der Waals surface area contributed by atoms with Gasteiger partial charge in [0.1, 0.15) is 0 Å². The van der Waals surface area contributed by atoms with E-state index in [9.17, 15) is 19.5 Å². The molecule has 0 heterocycles. The number of aliphatic carboxylic acids is 1. The van der Waals surface area contributed by atoms with E-state index in [1.807, 2.05) is 0 Å². The Kier molecular flexibility index (Phi) is 9.47. The number of methoxy groups -OCH3 is 2. The zero-order chi connectivity index (χ0) is 14.5. The van der Waals surface area contributed by atoms with Crippen molar-refractivity contribution in [1.29, 1.82) is 0 Å². The number of hydrogen-bond acceptors (Lipinski definition) is 5. The van der Waals surface area contributed by atoms with Gasteiger partial charge in [0.25, 0.3) is 0 Å². The standard InChI is InChI=1S/C12H20O6.Y/c1-6-12(3,11(15)16)8(10(14)18-5)7(2)9(13)17-4;/h7-8H,6H2,1-5H3,(H,15,16);. The van der Waals surface area contributed by atoms with Crippen LogP contribution in [0.15, 0.2) is 0 Å². The maximum atomic E-state index is 11.8. The Balaban J connectivity index is 0. The van der Waals surface area contributed by atoms with Crippen molar-refractivity contribution in [3.05, 3.63) is 0 Å². The second-order valence-corrected chi connectivity index (χ2v) is 4.39. The third kappa shape index (κ3) is 4.53. The summed E-state index contributed by atoms with van der Waals surface area (Å²) in [7, 11) is 2.36. The van der Waals surface area contributed by atoms with Gasteiger partial charge in [-0.2, -0.15) is 0 Å². The smallest absolute Gasteiger partial charge is 0.310 e. The topological polar surface area (TPSA) is 89.9 Å². The van der Waals surface area contributed by atoms with Crippen LogP contribution in [0.1, 0.15) is 27.2 Å². The summed E-state index contributed by atoms with van der Waals surface area (Å²) < 4.78 is 9.18. The molecule has 0 rings (SSSR count). The van der Waals surface area contributed by atoms with Crippen molar-refractivity contribution < 1.29 is 61.7 Å². The zero-order valence-electron chi connectivity index (χ0n) is 11.9. The van der Waals surface area contributed by atoms with E-state index in [0.29, 0.717) is 0 Å². The first-order valence-corrected chi connectivity index (χ1v) is 5.65. The summed E-state index contributed by atoms with van der Waals surface area (Å²) in [6.07, 6.45) is 0.198. The third-order valence-corrected chi connectivity index (χ3v) is 3.44. The van der Waals surface area contributed by atoms with Gasteiger partial charge in [-0.1, -0.05) is 13.8 Å². The van der Waals surface area contributed by atoms with Gasteiger partial charge >= 0.3 is 17.9 Å². The van der Waals surface area contributed by atoms with Crippen LogP contribution in [0, 0.1) is 17.3 Å². The van der Waals surface area contributed by atoms with Gasteiger partial charge in [0.05, 0.1) is 31.5 Å². The third-order valence-electron chi connectivity index (χ3n) is 3.44. The minimum atomic E-state index is -1.37. The first kappa shape index (κ1) is 20.8. The zero-order valence-corrected chi connectivity index (χ0v) is 14.8. The molecule has 0 spiro atoms. The van der Waals surface area contributed by atoms with Crippen molar-refractivity contribution in [1.82, 2.24) is 0 Å². The molecule has 1 N–H and O–H groups in total. The minimum Gasteiger partial charge on any atom is -0.481 e.